The van der Waals surface area contributed by atoms with E-state index in [2.05, 4.69) is 4.90 Å². The molecule has 0 aromatic rings. The smallest absolute Gasteiger partial charge is 0.416 e. The average molecular weight is 524 g/mol. The Labute approximate surface area is 215 Å². The molecule has 1 aliphatic carbocycles. The normalized spacial score (nSPS) is 29.1. The predicted octanol–water partition coefficient (Wildman–Crippen LogP) is 3.29. The number of hydrogen-bond donors (Lipinski definition) is 0. The summed E-state index contributed by atoms with van der Waals surface area (Å²) in [6, 6.07) is 0. The Balaban J connectivity index is 1.23. The quantitative estimate of drug-likeness (QED) is 0.527. The standard InChI is InChI=1S/C27H36F3N3O4/c1-18-13-21(27(28,29)30)15-22(14-18)32-8-10-33(11-9-32)24(34)23-19(2)25(35)37-26(23)4-6-31(7-5-26)16-20-3-12-36-17-20/h13,15,18,20H,3-12,14,16-17H2,1-2H3. The number of piperidine rings is 1. The van der Waals surface area contributed by atoms with Gasteiger partial charge in [-0.2, -0.15) is 13.2 Å². The van der Waals surface area contributed by atoms with Crippen LogP contribution >= 0.6 is 0 Å². The minimum atomic E-state index is -4.37. The number of ether oxygens (including phenoxy) is 2. The summed E-state index contributed by atoms with van der Waals surface area (Å²) in [5.74, 6) is -0.271. The number of carbonyl (C=O) groups is 2. The lowest BCUT2D eigenvalue weighted by Crippen LogP contribution is -2.53. The SMILES string of the molecule is CC1=C(C(=O)N2CCN(C3=CC(C(F)(F)F)=CC(C)C3)CC2)C2(CCN(CC3CCOC3)CC2)OC1=O. The Hall–Kier alpha value is -2.33. The van der Waals surface area contributed by atoms with E-state index in [1.165, 1.54) is 12.2 Å². The molecule has 2 unspecified atom stereocenters. The van der Waals surface area contributed by atoms with Crippen molar-refractivity contribution < 1.29 is 32.2 Å². The fraction of sp³-hybridized carbons (Fsp3) is 0.704. The summed E-state index contributed by atoms with van der Waals surface area (Å²) in [5.41, 5.74) is 0.0410. The third-order valence-corrected chi connectivity index (χ3v) is 8.46. The third-order valence-electron chi connectivity index (χ3n) is 8.46. The van der Waals surface area contributed by atoms with Gasteiger partial charge >= 0.3 is 12.1 Å². The van der Waals surface area contributed by atoms with Gasteiger partial charge in [-0.3, -0.25) is 4.79 Å². The van der Waals surface area contributed by atoms with Crippen LogP contribution < -0.4 is 0 Å². The summed E-state index contributed by atoms with van der Waals surface area (Å²) >= 11 is 0. The molecule has 0 aromatic heterocycles. The van der Waals surface area contributed by atoms with Gasteiger partial charge < -0.3 is 24.2 Å². The molecule has 0 N–H and O–H groups in total. The lowest BCUT2D eigenvalue weighted by atomic mass is 9.82. The molecule has 4 heterocycles. The average Bonchev–Trinajstić information content (AvgIpc) is 3.45. The number of amides is 1. The van der Waals surface area contributed by atoms with Crippen LogP contribution in [0, 0.1) is 11.8 Å². The maximum Gasteiger partial charge on any atom is 0.416 e. The van der Waals surface area contributed by atoms with Gasteiger partial charge in [-0.05, 0) is 37.7 Å². The van der Waals surface area contributed by atoms with Gasteiger partial charge in [0.2, 0.25) is 0 Å². The first-order valence-electron chi connectivity index (χ1n) is 13.3. The number of allylic oxidation sites excluding steroid dienone is 4. The van der Waals surface area contributed by atoms with Crippen LogP contribution in [0.3, 0.4) is 0 Å². The number of carbonyl (C=O) groups excluding carboxylic acids is 2. The largest absolute Gasteiger partial charge is 0.450 e. The minimum Gasteiger partial charge on any atom is -0.450 e. The van der Waals surface area contributed by atoms with Crippen molar-refractivity contribution in [3.05, 3.63) is 34.6 Å². The van der Waals surface area contributed by atoms with E-state index >= 15 is 0 Å². The molecule has 0 bridgehead atoms. The highest BCUT2D eigenvalue weighted by molar-refractivity contribution is 6.07. The summed E-state index contributed by atoms with van der Waals surface area (Å²) in [6.45, 7) is 9.22. The zero-order valence-electron chi connectivity index (χ0n) is 21.6. The number of likely N-dealkylation sites (tertiary alicyclic amines) is 1. The van der Waals surface area contributed by atoms with Gasteiger partial charge in [0.05, 0.1) is 17.8 Å². The van der Waals surface area contributed by atoms with Gasteiger partial charge in [0, 0.05) is 76.5 Å². The molecule has 4 aliphatic heterocycles. The topological polar surface area (TPSA) is 62.3 Å². The minimum absolute atomic E-state index is 0.178. The molecule has 37 heavy (non-hydrogen) atoms. The first kappa shape index (κ1) is 26.3. The van der Waals surface area contributed by atoms with Crippen molar-refractivity contribution in [3.63, 3.8) is 0 Å². The molecule has 5 aliphatic rings. The molecule has 3 saturated heterocycles. The molecule has 204 valence electrons. The van der Waals surface area contributed by atoms with E-state index in [1.807, 2.05) is 4.90 Å². The second-order valence-corrected chi connectivity index (χ2v) is 11.1. The number of alkyl halides is 3. The van der Waals surface area contributed by atoms with Crippen molar-refractivity contribution in [3.8, 4) is 0 Å². The number of esters is 1. The van der Waals surface area contributed by atoms with E-state index < -0.39 is 23.3 Å². The van der Waals surface area contributed by atoms with E-state index in [9.17, 15) is 22.8 Å². The summed E-state index contributed by atoms with van der Waals surface area (Å²) in [6.07, 6.45) is 0.938. The van der Waals surface area contributed by atoms with Gasteiger partial charge in [0.1, 0.15) is 5.60 Å². The van der Waals surface area contributed by atoms with Gasteiger partial charge in [-0.25, -0.2) is 4.79 Å². The maximum absolute atomic E-state index is 13.7. The van der Waals surface area contributed by atoms with Crippen molar-refractivity contribution in [2.24, 2.45) is 11.8 Å². The summed E-state index contributed by atoms with van der Waals surface area (Å²) < 4.78 is 51.3. The summed E-state index contributed by atoms with van der Waals surface area (Å²) in [7, 11) is 0. The van der Waals surface area contributed by atoms with E-state index in [4.69, 9.17) is 9.47 Å². The van der Waals surface area contributed by atoms with Gasteiger partial charge in [-0.1, -0.05) is 13.0 Å². The van der Waals surface area contributed by atoms with Crippen LogP contribution in [0.4, 0.5) is 13.2 Å². The lowest BCUT2D eigenvalue weighted by Gasteiger charge is -2.42. The zero-order valence-corrected chi connectivity index (χ0v) is 21.6. The molecular formula is C27H36F3N3O4. The van der Waals surface area contributed by atoms with Crippen molar-refractivity contribution in [1.82, 2.24) is 14.7 Å². The Kier molecular flexibility index (Phi) is 7.17. The van der Waals surface area contributed by atoms with Crippen molar-refractivity contribution in [2.75, 3.05) is 59.0 Å². The highest BCUT2D eigenvalue weighted by atomic mass is 19.4. The van der Waals surface area contributed by atoms with Crippen LogP contribution in [0.1, 0.15) is 39.5 Å². The highest BCUT2D eigenvalue weighted by Gasteiger charge is 2.52. The van der Waals surface area contributed by atoms with Crippen LogP contribution in [-0.2, 0) is 19.1 Å². The molecule has 0 saturated carbocycles. The fourth-order valence-electron chi connectivity index (χ4n) is 6.38. The van der Waals surface area contributed by atoms with Crippen LogP contribution in [0.5, 0.6) is 0 Å². The Morgan fingerprint density at radius 3 is 2.46 bits per heavy atom. The molecular weight excluding hydrogens is 487 g/mol. The Bertz CT molecular complexity index is 1010. The van der Waals surface area contributed by atoms with Crippen LogP contribution in [0.25, 0.3) is 0 Å². The summed E-state index contributed by atoms with van der Waals surface area (Å²) in [4.78, 5) is 32.4. The van der Waals surface area contributed by atoms with Gasteiger partial charge in [-0.15, -0.1) is 0 Å². The highest BCUT2D eigenvalue weighted by Crippen LogP contribution is 2.42. The Morgan fingerprint density at radius 2 is 1.84 bits per heavy atom. The van der Waals surface area contributed by atoms with Crippen LogP contribution in [0.2, 0.25) is 0 Å². The van der Waals surface area contributed by atoms with Gasteiger partial charge in [0.25, 0.3) is 5.91 Å². The number of rotatable bonds is 4. The number of piperazine rings is 1. The van der Waals surface area contributed by atoms with Gasteiger partial charge in [0.15, 0.2) is 0 Å². The van der Waals surface area contributed by atoms with E-state index in [0.29, 0.717) is 68.2 Å². The second-order valence-electron chi connectivity index (χ2n) is 11.1. The number of nitrogens with zero attached hydrogens (tertiary/aromatic N) is 3. The van der Waals surface area contributed by atoms with Crippen LogP contribution in [-0.4, -0.2) is 97.4 Å². The third kappa shape index (κ3) is 5.32. The molecule has 1 spiro atoms. The van der Waals surface area contributed by atoms with Crippen LogP contribution in [0.15, 0.2) is 34.6 Å². The van der Waals surface area contributed by atoms with Crippen molar-refractivity contribution >= 4 is 11.9 Å². The van der Waals surface area contributed by atoms with E-state index in [0.717, 1.165) is 39.3 Å². The van der Waals surface area contributed by atoms with E-state index in [-0.39, 0.29) is 11.8 Å². The first-order chi connectivity index (χ1) is 17.6. The maximum atomic E-state index is 13.7. The number of halogens is 3. The molecule has 0 radical (unpaired) electrons. The molecule has 2 atom stereocenters. The fourth-order valence-corrected chi connectivity index (χ4v) is 6.38. The monoisotopic (exact) mass is 523 g/mol. The van der Waals surface area contributed by atoms with Crippen molar-refractivity contribution in [2.45, 2.75) is 51.3 Å². The molecule has 10 heteroatoms. The molecule has 7 nitrogen and oxygen atoms in total. The molecule has 1 amide bonds. The molecule has 3 fully saturated rings. The number of hydrogen-bond acceptors (Lipinski definition) is 6. The zero-order chi connectivity index (χ0) is 26.4. The molecule has 0 aromatic carbocycles. The van der Waals surface area contributed by atoms with E-state index in [1.54, 1.807) is 18.7 Å². The summed E-state index contributed by atoms with van der Waals surface area (Å²) in [5, 5.41) is 0. The Morgan fingerprint density at radius 1 is 1.14 bits per heavy atom. The predicted molar refractivity (Wildman–Crippen MR) is 130 cm³/mol. The first-order valence-corrected chi connectivity index (χ1v) is 13.3. The molecule has 5 rings (SSSR count). The second kappa shape index (κ2) is 10.1. The van der Waals surface area contributed by atoms with Crippen molar-refractivity contribution in [1.29, 1.82) is 0 Å². The lowest BCUT2D eigenvalue weighted by molar-refractivity contribution is -0.151.